The highest BCUT2D eigenvalue weighted by atomic mass is 16.3. The average Bonchev–Trinajstić information content (AvgIpc) is 2.40. The van der Waals surface area contributed by atoms with Crippen molar-refractivity contribution in [1.29, 1.82) is 0 Å². The molecule has 0 fully saturated rings. The summed E-state index contributed by atoms with van der Waals surface area (Å²) < 4.78 is 0. The van der Waals surface area contributed by atoms with Crippen molar-refractivity contribution in [2.75, 3.05) is 13.6 Å². The summed E-state index contributed by atoms with van der Waals surface area (Å²) in [4.78, 5) is 2.22. The number of benzene rings is 2. The van der Waals surface area contributed by atoms with E-state index in [4.69, 9.17) is 0 Å². The SMILES string of the molecule is CN(CCc1ccccc1)Cc1ccccc1O. The maximum atomic E-state index is 9.72. The third kappa shape index (κ3) is 3.60. The molecule has 2 aromatic carbocycles. The van der Waals surface area contributed by atoms with Gasteiger partial charge in [-0.1, -0.05) is 48.5 Å². The molecule has 2 aromatic rings. The summed E-state index contributed by atoms with van der Waals surface area (Å²) in [5.41, 5.74) is 2.33. The fraction of sp³-hybridized carbons (Fsp3) is 0.250. The summed E-state index contributed by atoms with van der Waals surface area (Å²) in [6.07, 6.45) is 1.03. The Bertz CT molecular complexity index is 481. The molecule has 18 heavy (non-hydrogen) atoms. The van der Waals surface area contributed by atoms with E-state index in [0.717, 1.165) is 25.1 Å². The van der Waals surface area contributed by atoms with Crippen LogP contribution in [0.3, 0.4) is 0 Å². The molecule has 2 heteroatoms. The molecule has 0 amide bonds. The molecule has 0 aliphatic heterocycles. The largest absolute Gasteiger partial charge is 0.508 e. The summed E-state index contributed by atoms with van der Waals surface area (Å²) in [5.74, 6) is 0.379. The number of likely N-dealkylation sites (N-methyl/N-ethyl adjacent to an activating group) is 1. The molecule has 0 bridgehead atoms. The first kappa shape index (κ1) is 12.7. The van der Waals surface area contributed by atoms with Crippen LogP contribution >= 0.6 is 0 Å². The van der Waals surface area contributed by atoms with Crippen LogP contribution in [0.5, 0.6) is 5.75 Å². The van der Waals surface area contributed by atoms with E-state index in [-0.39, 0.29) is 0 Å². The molecule has 2 nitrogen and oxygen atoms in total. The van der Waals surface area contributed by atoms with Gasteiger partial charge in [0.15, 0.2) is 0 Å². The first-order chi connectivity index (χ1) is 8.75. The van der Waals surface area contributed by atoms with Gasteiger partial charge >= 0.3 is 0 Å². The molecular formula is C16H19NO. The van der Waals surface area contributed by atoms with E-state index < -0.39 is 0 Å². The molecule has 2 rings (SSSR count). The summed E-state index contributed by atoms with van der Waals surface area (Å²) in [6, 6.07) is 18.0. The molecule has 0 aromatic heterocycles. The Morgan fingerprint density at radius 2 is 1.61 bits per heavy atom. The van der Waals surface area contributed by atoms with Crippen LogP contribution in [0.4, 0.5) is 0 Å². The van der Waals surface area contributed by atoms with Gasteiger partial charge in [0.05, 0.1) is 0 Å². The fourth-order valence-corrected chi connectivity index (χ4v) is 1.98. The predicted molar refractivity (Wildman–Crippen MR) is 74.6 cm³/mol. The Morgan fingerprint density at radius 1 is 0.944 bits per heavy atom. The molecule has 0 radical (unpaired) electrons. The number of phenols is 1. The molecule has 0 atom stereocenters. The van der Waals surface area contributed by atoms with Gasteiger partial charge in [0.1, 0.15) is 5.75 Å². The molecule has 0 heterocycles. The second kappa shape index (κ2) is 6.22. The minimum Gasteiger partial charge on any atom is -0.508 e. The van der Waals surface area contributed by atoms with Gasteiger partial charge in [0.2, 0.25) is 0 Å². The Balaban J connectivity index is 1.86. The van der Waals surface area contributed by atoms with Crippen LogP contribution in [0.2, 0.25) is 0 Å². The van der Waals surface area contributed by atoms with Crippen molar-refractivity contribution in [2.24, 2.45) is 0 Å². The lowest BCUT2D eigenvalue weighted by Gasteiger charge is -2.17. The third-order valence-electron chi connectivity index (χ3n) is 3.06. The number of hydrogen-bond donors (Lipinski definition) is 1. The van der Waals surface area contributed by atoms with Gasteiger partial charge in [0.25, 0.3) is 0 Å². The Morgan fingerprint density at radius 3 is 2.33 bits per heavy atom. The van der Waals surface area contributed by atoms with Crippen molar-refractivity contribution in [3.8, 4) is 5.75 Å². The Kier molecular flexibility index (Phi) is 4.37. The van der Waals surface area contributed by atoms with Gasteiger partial charge < -0.3 is 10.0 Å². The highest BCUT2D eigenvalue weighted by Crippen LogP contribution is 2.17. The highest BCUT2D eigenvalue weighted by Gasteiger charge is 2.04. The zero-order valence-electron chi connectivity index (χ0n) is 10.7. The van der Waals surface area contributed by atoms with Crippen molar-refractivity contribution < 1.29 is 5.11 Å². The molecule has 94 valence electrons. The lowest BCUT2D eigenvalue weighted by molar-refractivity contribution is 0.324. The van der Waals surface area contributed by atoms with Gasteiger partial charge in [0, 0.05) is 18.7 Å². The van der Waals surface area contributed by atoms with Gasteiger partial charge in [-0.3, -0.25) is 0 Å². The van der Waals surface area contributed by atoms with E-state index in [1.165, 1.54) is 5.56 Å². The maximum Gasteiger partial charge on any atom is 0.120 e. The quantitative estimate of drug-likeness (QED) is 0.869. The molecule has 0 unspecified atom stereocenters. The highest BCUT2D eigenvalue weighted by molar-refractivity contribution is 5.31. The van der Waals surface area contributed by atoms with Crippen LogP contribution in [0.15, 0.2) is 54.6 Å². The number of nitrogens with zero attached hydrogens (tertiary/aromatic N) is 1. The number of rotatable bonds is 5. The van der Waals surface area contributed by atoms with Crippen molar-refractivity contribution in [1.82, 2.24) is 4.90 Å². The van der Waals surface area contributed by atoms with Crippen molar-refractivity contribution in [2.45, 2.75) is 13.0 Å². The average molecular weight is 241 g/mol. The first-order valence-electron chi connectivity index (χ1n) is 6.25. The van der Waals surface area contributed by atoms with Crippen LogP contribution in [0.1, 0.15) is 11.1 Å². The molecular weight excluding hydrogens is 222 g/mol. The van der Waals surface area contributed by atoms with Crippen LogP contribution < -0.4 is 0 Å². The lowest BCUT2D eigenvalue weighted by Crippen LogP contribution is -2.20. The molecule has 0 aliphatic rings. The Labute approximate surface area is 109 Å². The number of hydrogen-bond acceptors (Lipinski definition) is 2. The number of para-hydroxylation sites is 1. The zero-order valence-corrected chi connectivity index (χ0v) is 10.7. The standard InChI is InChI=1S/C16H19NO/c1-17(12-11-14-7-3-2-4-8-14)13-15-9-5-6-10-16(15)18/h2-10,18H,11-13H2,1H3. The Hall–Kier alpha value is -1.80. The van der Waals surface area contributed by atoms with Crippen LogP contribution in [0, 0.1) is 0 Å². The van der Waals surface area contributed by atoms with E-state index >= 15 is 0 Å². The van der Waals surface area contributed by atoms with E-state index in [2.05, 4.69) is 36.2 Å². The zero-order chi connectivity index (χ0) is 12.8. The summed E-state index contributed by atoms with van der Waals surface area (Å²) in [5, 5.41) is 9.72. The second-order valence-corrected chi connectivity index (χ2v) is 4.60. The van der Waals surface area contributed by atoms with Crippen molar-refractivity contribution >= 4 is 0 Å². The van der Waals surface area contributed by atoms with E-state index in [1.807, 2.05) is 24.3 Å². The van der Waals surface area contributed by atoms with Gasteiger partial charge in [-0.25, -0.2) is 0 Å². The van der Waals surface area contributed by atoms with Crippen LogP contribution in [-0.2, 0) is 13.0 Å². The predicted octanol–water partition coefficient (Wildman–Crippen LogP) is 3.07. The van der Waals surface area contributed by atoms with Gasteiger partial charge in [-0.2, -0.15) is 0 Å². The molecule has 0 spiro atoms. The topological polar surface area (TPSA) is 23.5 Å². The second-order valence-electron chi connectivity index (χ2n) is 4.60. The fourth-order valence-electron chi connectivity index (χ4n) is 1.98. The number of phenolic OH excluding ortho intramolecular Hbond substituents is 1. The van der Waals surface area contributed by atoms with E-state index in [0.29, 0.717) is 5.75 Å². The first-order valence-corrected chi connectivity index (χ1v) is 6.25. The molecule has 1 N–H and O–H groups in total. The number of aromatic hydroxyl groups is 1. The smallest absolute Gasteiger partial charge is 0.120 e. The third-order valence-corrected chi connectivity index (χ3v) is 3.06. The van der Waals surface area contributed by atoms with Crippen LogP contribution in [-0.4, -0.2) is 23.6 Å². The van der Waals surface area contributed by atoms with Crippen LogP contribution in [0.25, 0.3) is 0 Å². The van der Waals surface area contributed by atoms with E-state index in [9.17, 15) is 5.11 Å². The van der Waals surface area contributed by atoms with Gasteiger partial charge in [-0.05, 0) is 25.1 Å². The summed E-state index contributed by atoms with van der Waals surface area (Å²) in [7, 11) is 2.08. The van der Waals surface area contributed by atoms with Gasteiger partial charge in [-0.15, -0.1) is 0 Å². The molecule has 0 aliphatic carbocycles. The minimum absolute atomic E-state index is 0.379. The minimum atomic E-state index is 0.379. The lowest BCUT2D eigenvalue weighted by atomic mass is 10.1. The normalized spacial score (nSPS) is 10.8. The summed E-state index contributed by atoms with van der Waals surface area (Å²) >= 11 is 0. The maximum absolute atomic E-state index is 9.72. The van der Waals surface area contributed by atoms with E-state index in [1.54, 1.807) is 6.07 Å². The molecule has 0 saturated carbocycles. The molecule has 0 saturated heterocycles. The monoisotopic (exact) mass is 241 g/mol. The van der Waals surface area contributed by atoms with Crippen molar-refractivity contribution in [3.63, 3.8) is 0 Å². The summed E-state index contributed by atoms with van der Waals surface area (Å²) in [6.45, 7) is 1.76. The van der Waals surface area contributed by atoms with Crippen molar-refractivity contribution in [3.05, 3.63) is 65.7 Å².